The maximum atomic E-state index is 11.3. The van der Waals surface area contributed by atoms with Gasteiger partial charge in [0.1, 0.15) is 0 Å². The fraction of sp³-hybridized carbons (Fsp3) is 0.385. The summed E-state index contributed by atoms with van der Waals surface area (Å²) in [6.45, 7) is 0. The first-order valence-electron chi connectivity index (χ1n) is 5.77. The summed E-state index contributed by atoms with van der Waals surface area (Å²) in [7, 11) is 4.00. The van der Waals surface area contributed by atoms with Crippen molar-refractivity contribution in [3.8, 4) is 0 Å². The first-order valence-corrected chi connectivity index (χ1v) is 5.77. The van der Waals surface area contributed by atoms with Crippen molar-refractivity contribution in [2.75, 3.05) is 19.0 Å². The first-order chi connectivity index (χ1) is 8.16. The predicted molar refractivity (Wildman–Crippen MR) is 69.2 cm³/mol. The number of rotatable bonds is 4. The van der Waals surface area contributed by atoms with E-state index in [0.29, 0.717) is 0 Å². The maximum Gasteiger partial charge on any atom is 0.243 e. The van der Waals surface area contributed by atoms with Crippen molar-refractivity contribution >= 4 is 17.8 Å². The van der Waals surface area contributed by atoms with E-state index in [1.807, 2.05) is 43.3 Å². The lowest BCUT2D eigenvalue weighted by molar-refractivity contribution is -0.122. The molecule has 90 valence electrons. The molecule has 1 N–H and O–H groups in total. The lowest BCUT2D eigenvalue weighted by atomic mass is 10.2. The van der Waals surface area contributed by atoms with Crippen LogP contribution < -0.4 is 10.3 Å². The summed E-state index contributed by atoms with van der Waals surface area (Å²) in [6, 6.07) is 7.98. The van der Waals surface area contributed by atoms with Gasteiger partial charge in [0.25, 0.3) is 0 Å². The number of nitrogens with zero attached hydrogens (tertiary/aromatic N) is 2. The highest BCUT2D eigenvalue weighted by Gasteiger charge is 2.29. The summed E-state index contributed by atoms with van der Waals surface area (Å²) < 4.78 is 0. The molecule has 0 bridgehead atoms. The first kappa shape index (κ1) is 11.6. The summed E-state index contributed by atoms with van der Waals surface area (Å²) in [5, 5.41) is 3.94. The quantitative estimate of drug-likeness (QED) is 0.632. The van der Waals surface area contributed by atoms with Crippen LogP contribution in [0.4, 0.5) is 5.69 Å². The van der Waals surface area contributed by atoms with Crippen molar-refractivity contribution in [1.29, 1.82) is 0 Å². The molecular weight excluding hydrogens is 214 g/mol. The van der Waals surface area contributed by atoms with Gasteiger partial charge in [0.2, 0.25) is 5.91 Å². The second kappa shape index (κ2) is 4.99. The number of nitrogens with one attached hydrogen (secondary N) is 1. The summed E-state index contributed by atoms with van der Waals surface area (Å²) in [4.78, 5) is 13.3. The van der Waals surface area contributed by atoms with Crippen LogP contribution in [-0.2, 0) is 4.79 Å². The molecule has 2 rings (SSSR count). The van der Waals surface area contributed by atoms with Crippen LogP contribution in [-0.4, -0.2) is 26.2 Å². The molecule has 0 spiro atoms. The molecule has 0 radical (unpaired) electrons. The topological polar surface area (TPSA) is 44.7 Å². The summed E-state index contributed by atoms with van der Waals surface area (Å²) >= 11 is 0. The third kappa shape index (κ3) is 3.31. The summed E-state index contributed by atoms with van der Waals surface area (Å²) in [5.41, 5.74) is 4.67. The van der Waals surface area contributed by atoms with Gasteiger partial charge in [-0.2, -0.15) is 5.10 Å². The molecule has 1 aromatic rings. The highest BCUT2D eigenvalue weighted by Crippen LogP contribution is 2.28. The Labute approximate surface area is 101 Å². The molecule has 0 atom stereocenters. The molecule has 0 saturated heterocycles. The van der Waals surface area contributed by atoms with E-state index >= 15 is 0 Å². The SMILES string of the molecule is CN(C)c1ccc(/C=N\NC(=O)C2CC2)cc1. The monoisotopic (exact) mass is 231 g/mol. The van der Waals surface area contributed by atoms with Crippen LogP contribution in [0.2, 0.25) is 0 Å². The van der Waals surface area contributed by atoms with E-state index < -0.39 is 0 Å². The van der Waals surface area contributed by atoms with Crippen molar-refractivity contribution in [1.82, 2.24) is 5.43 Å². The van der Waals surface area contributed by atoms with E-state index in [9.17, 15) is 4.79 Å². The van der Waals surface area contributed by atoms with Gasteiger partial charge in [0, 0.05) is 25.7 Å². The molecule has 0 aromatic heterocycles. The second-order valence-electron chi connectivity index (χ2n) is 4.49. The third-order valence-corrected chi connectivity index (χ3v) is 2.75. The number of anilines is 1. The average molecular weight is 231 g/mol. The maximum absolute atomic E-state index is 11.3. The molecule has 0 aliphatic heterocycles. The van der Waals surface area contributed by atoms with Gasteiger partial charge in [-0.3, -0.25) is 4.79 Å². The Morgan fingerprint density at radius 1 is 1.35 bits per heavy atom. The fourth-order valence-electron chi connectivity index (χ4n) is 1.47. The molecule has 17 heavy (non-hydrogen) atoms. The predicted octanol–water partition coefficient (Wildman–Crippen LogP) is 1.61. The molecule has 1 fully saturated rings. The Morgan fingerprint density at radius 3 is 2.53 bits per heavy atom. The lowest BCUT2D eigenvalue weighted by Crippen LogP contribution is -2.18. The van der Waals surface area contributed by atoms with E-state index in [2.05, 4.69) is 10.5 Å². The van der Waals surface area contributed by atoms with Crippen molar-refractivity contribution in [3.05, 3.63) is 29.8 Å². The molecule has 1 aromatic carbocycles. The van der Waals surface area contributed by atoms with Gasteiger partial charge >= 0.3 is 0 Å². The van der Waals surface area contributed by atoms with Crippen molar-refractivity contribution in [2.24, 2.45) is 11.0 Å². The molecule has 1 aliphatic rings. The second-order valence-corrected chi connectivity index (χ2v) is 4.49. The largest absolute Gasteiger partial charge is 0.378 e. The Kier molecular flexibility index (Phi) is 3.42. The minimum atomic E-state index is 0.0335. The Bertz CT molecular complexity index is 419. The molecule has 1 aliphatic carbocycles. The Balaban J connectivity index is 1.89. The van der Waals surface area contributed by atoms with Crippen LogP contribution in [0.15, 0.2) is 29.4 Å². The summed E-state index contributed by atoms with van der Waals surface area (Å²) in [6.07, 6.45) is 3.66. The number of hydrogen-bond donors (Lipinski definition) is 1. The molecule has 1 amide bonds. The number of carbonyl (C=O) groups excluding carboxylic acids is 1. The van der Waals surface area contributed by atoms with Gasteiger partial charge in [-0.05, 0) is 30.5 Å². The fourth-order valence-corrected chi connectivity index (χ4v) is 1.47. The van der Waals surface area contributed by atoms with E-state index in [0.717, 1.165) is 24.1 Å². The standard InChI is InChI=1S/C13H17N3O/c1-16(2)12-7-3-10(4-8-12)9-14-15-13(17)11-5-6-11/h3-4,7-9,11H,5-6H2,1-2H3,(H,15,17)/b14-9-. The molecule has 1 saturated carbocycles. The molecule has 0 heterocycles. The number of hydrazone groups is 1. The van der Waals surface area contributed by atoms with Crippen LogP contribution in [0.1, 0.15) is 18.4 Å². The van der Waals surface area contributed by atoms with Gasteiger partial charge in [0.15, 0.2) is 0 Å². The highest BCUT2D eigenvalue weighted by molar-refractivity contribution is 5.84. The zero-order valence-electron chi connectivity index (χ0n) is 10.2. The molecule has 4 heteroatoms. The normalized spacial score (nSPS) is 14.9. The molecular formula is C13H17N3O. The highest BCUT2D eigenvalue weighted by atomic mass is 16.2. The van der Waals surface area contributed by atoms with Crippen LogP contribution in [0, 0.1) is 5.92 Å². The van der Waals surface area contributed by atoms with Crippen molar-refractivity contribution < 1.29 is 4.79 Å². The number of benzene rings is 1. The smallest absolute Gasteiger partial charge is 0.243 e. The van der Waals surface area contributed by atoms with Crippen LogP contribution in [0.25, 0.3) is 0 Å². The molecule has 4 nitrogen and oxygen atoms in total. The third-order valence-electron chi connectivity index (χ3n) is 2.75. The van der Waals surface area contributed by atoms with Crippen LogP contribution in [0.3, 0.4) is 0 Å². The summed E-state index contributed by atoms with van der Waals surface area (Å²) in [5.74, 6) is 0.231. The van der Waals surface area contributed by atoms with Crippen molar-refractivity contribution in [3.63, 3.8) is 0 Å². The minimum absolute atomic E-state index is 0.0335. The number of carbonyl (C=O) groups is 1. The van der Waals surface area contributed by atoms with Crippen LogP contribution >= 0.6 is 0 Å². The Hall–Kier alpha value is -1.84. The van der Waals surface area contributed by atoms with Crippen molar-refractivity contribution in [2.45, 2.75) is 12.8 Å². The zero-order chi connectivity index (χ0) is 12.3. The van der Waals surface area contributed by atoms with E-state index in [1.165, 1.54) is 0 Å². The van der Waals surface area contributed by atoms with E-state index in [1.54, 1.807) is 6.21 Å². The molecule has 0 unspecified atom stereocenters. The lowest BCUT2D eigenvalue weighted by Gasteiger charge is -2.11. The average Bonchev–Trinajstić information content (AvgIpc) is 3.13. The minimum Gasteiger partial charge on any atom is -0.378 e. The van der Waals surface area contributed by atoms with Gasteiger partial charge < -0.3 is 4.90 Å². The van der Waals surface area contributed by atoms with E-state index in [4.69, 9.17) is 0 Å². The number of amides is 1. The van der Waals surface area contributed by atoms with Gasteiger partial charge in [0.05, 0.1) is 6.21 Å². The van der Waals surface area contributed by atoms with Crippen LogP contribution in [0.5, 0.6) is 0 Å². The van der Waals surface area contributed by atoms with Gasteiger partial charge in [-0.15, -0.1) is 0 Å². The van der Waals surface area contributed by atoms with Gasteiger partial charge in [-0.25, -0.2) is 5.43 Å². The Morgan fingerprint density at radius 2 is 2.00 bits per heavy atom. The zero-order valence-corrected chi connectivity index (χ0v) is 10.2. The van der Waals surface area contributed by atoms with Gasteiger partial charge in [-0.1, -0.05) is 12.1 Å². The number of hydrogen-bond acceptors (Lipinski definition) is 3. The van der Waals surface area contributed by atoms with E-state index in [-0.39, 0.29) is 11.8 Å².